The highest BCUT2D eigenvalue weighted by Gasteiger charge is 2.38. The summed E-state index contributed by atoms with van der Waals surface area (Å²) in [5.74, 6) is -0.333. The molecule has 4 heterocycles. The summed E-state index contributed by atoms with van der Waals surface area (Å²) in [5, 5.41) is 28.2. The monoisotopic (exact) mass is 481 g/mol. The van der Waals surface area contributed by atoms with E-state index in [2.05, 4.69) is 15.1 Å². The van der Waals surface area contributed by atoms with Crippen LogP contribution in [0.3, 0.4) is 0 Å². The molecule has 0 amide bonds. The van der Waals surface area contributed by atoms with Gasteiger partial charge in [-0.2, -0.15) is 0 Å². The molecule has 35 heavy (non-hydrogen) atoms. The van der Waals surface area contributed by atoms with Crippen LogP contribution in [-0.4, -0.2) is 63.5 Å². The molecule has 3 aromatic rings. The lowest BCUT2D eigenvalue weighted by molar-refractivity contribution is -0.133. The number of piperazine rings is 1. The standard InChI is InChI=1S/C24H24FN5O5/c25-17-10-15-18(30(14-3-4-14)12-16(22(15)31)24(32)33)11-19(17)29-7-5-28(6-8-29)13-21-26-27-23(35-21)20-2-1-9-34-20/h1-2,9-12,14,22,31H,3-8,13H2,(H,32,33). The molecule has 0 radical (unpaired) electrons. The van der Waals surface area contributed by atoms with Crippen LogP contribution in [0.25, 0.3) is 11.7 Å². The number of hydrogen-bond acceptors (Lipinski definition) is 9. The number of halogens is 1. The molecule has 0 spiro atoms. The van der Waals surface area contributed by atoms with Gasteiger partial charge in [0.2, 0.25) is 5.89 Å². The van der Waals surface area contributed by atoms with E-state index in [1.807, 2.05) is 9.80 Å². The van der Waals surface area contributed by atoms with Crippen LogP contribution in [-0.2, 0) is 11.3 Å². The maximum absolute atomic E-state index is 15.2. The van der Waals surface area contributed by atoms with Crippen LogP contribution in [0, 0.1) is 5.82 Å². The Labute approximate surface area is 199 Å². The van der Waals surface area contributed by atoms with E-state index in [9.17, 15) is 15.0 Å². The van der Waals surface area contributed by atoms with Crippen molar-refractivity contribution in [2.45, 2.75) is 31.5 Å². The lowest BCUT2D eigenvalue weighted by atomic mass is 9.95. The van der Waals surface area contributed by atoms with Gasteiger partial charge in [0.1, 0.15) is 11.9 Å². The Kier molecular flexibility index (Phi) is 5.30. The van der Waals surface area contributed by atoms with E-state index >= 15 is 4.39 Å². The average molecular weight is 481 g/mol. The molecule has 6 rings (SSSR count). The van der Waals surface area contributed by atoms with Crippen LogP contribution >= 0.6 is 0 Å². The maximum Gasteiger partial charge on any atom is 0.336 e. The van der Waals surface area contributed by atoms with Crippen LogP contribution in [0.4, 0.5) is 15.8 Å². The first-order chi connectivity index (χ1) is 17.0. The number of aromatic nitrogens is 2. The molecular weight excluding hydrogens is 457 g/mol. The van der Waals surface area contributed by atoms with E-state index in [1.54, 1.807) is 24.5 Å². The van der Waals surface area contributed by atoms with E-state index in [1.165, 1.54) is 12.3 Å². The van der Waals surface area contributed by atoms with Gasteiger partial charge in [-0.05, 0) is 37.1 Å². The molecule has 182 valence electrons. The lowest BCUT2D eigenvalue weighted by Gasteiger charge is -2.37. The van der Waals surface area contributed by atoms with Gasteiger partial charge in [-0.3, -0.25) is 4.90 Å². The summed E-state index contributed by atoms with van der Waals surface area (Å²) in [6, 6.07) is 6.70. The highest BCUT2D eigenvalue weighted by molar-refractivity contribution is 5.91. The molecule has 1 aliphatic carbocycles. The number of nitrogens with zero attached hydrogens (tertiary/aromatic N) is 5. The van der Waals surface area contributed by atoms with Crippen molar-refractivity contribution in [2.75, 3.05) is 36.0 Å². The van der Waals surface area contributed by atoms with E-state index in [4.69, 9.17) is 8.83 Å². The van der Waals surface area contributed by atoms with Crippen LogP contribution < -0.4 is 9.80 Å². The predicted octanol–water partition coefficient (Wildman–Crippen LogP) is 2.78. The van der Waals surface area contributed by atoms with Crippen molar-refractivity contribution in [2.24, 2.45) is 0 Å². The number of carbonyl (C=O) groups is 1. The number of furan rings is 1. The number of rotatable bonds is 6. The summed E-state index contributed by atoms with van der Waals surface area (Å²) in [4.78, 5) is 17.6. The highest BCUT2D eigenvalue weighted by Crippen LogP contribution is 2.44. The number of anilines is 2. The minimum atomic E-state index is -1.36. The second kappa shape index (κ2) is 8.51. The first-order valence-electron chi connectivity index (χ1n) is 11.6. The van der Waals surface area contributed by atoms with Gasteiger partial charge in [0.05, 0.1) is 24.1 Å². The number of carboxylic acids is 1. The molecule has 10 nitrogen and oxygen atoms in total. The minimum Gasteiger partial charge on any atom is -0.478 e. The van der Waals surface area contributed by atoms with Crippen molar-refractivity contribution in [1.29, 1.82) is 0 Å². The Hall–Kier alpha value is -3.70. The van der Waals surface area contributed by atoms with Crippen molar-refractivity contribution in [1.82, 2.24) is 15.1 Å². The molecule has 2 N–H and O–H groups in total. The average Bonchev–Trinajstić information content (AvgIpc) is 3.33. The zero-order chi connectivity index (χ0) is 24.1. The van der Waals surface area contributed by atoms with Crippen LogP contribution in [0.5, 0.6) is 0 Å². The molecule has 3 aliphatic rings. The molecule has 2 aromatic heterocycles. The lowest BCUT2D eigenvalue weighted by Crippen LogP contribution is -2.46. The normalized spacial score (nSPS) is 20.6. The van der Waals surface area contributed by atoms with E-state index in [-0.39, 0.29) is 11.6 Å². The third-order valence-corrected chi connectivity index (χ3v) is 6.70. The second-order valence-electron chi connectivity index (χ2n) is 9.03. The van der Waals surface area contributed by atoms with Crippen LogP contribution in [0.1, 0.15) is 30.4 Å². The number of fused-ring (bicyclic) bond motifs is 1. The third-order valence-electron chi connectivity index (χ3n) is 6.70. The Morgan fingerprint density at radius 2 is 1.94 bits per heavy atom. The van der Waals surface area contributed by atoms with Crippen molar-refractivity contribution >= 4 is 17.3 Å². The van der Waals surface area contributed by atoms with Gasteiger partial charge in [-0.15, -0.1) is 10.2 Å². The first kappa shape index (κ1) is 21.8. The zero-order valence-corrected chi connectivity index (χ0v) is 18.8. The fourth-order valence-corrected chi connectivity index (χ4v) is 4.69. The molecule has 1 aromatic carbocycles. The zero-order valence-electron chi connectivity index (χ0n) is 18.8. The van der Waals surface area contributed by atoms with Crippen molar-refractivity contribution < 1.29 is 28.2 Å². The summed E-state index contributed by atoms with van der Waals surface area (Å²) >= 11 is 0. The summed E-state index contributed by atoms with van der Waals surface area (Å²) in [7, 11) is 0. The predicted molar refractivity (Wildman–Crippen MR) is 122 cm³/mol. The Bertz CT molecular complexity index is 1280. The summed E-state index contributed by atoms with van der Waals surface area (Å²) in [6.45, 7) is 3.02. The van der Waals surface area contributed by atoms with Crippen LogP contribution in [0.2, 0.25) is 0 Å². The number of hydrogen-bond donors (Lipinski definition) is 2. The van der Waals surface area contributed by atoms with Gasteiger partial charge in [0.25, 0.3) is 5.89 Å². The van der Waals surface area contributed by atoms with Crippen molar-refractivity contribution in [3.63, 3.8) is 0 Å². The van der Waals surface area contributed by atoms with E-state index in [0.717, 1.165) is 12.8 Å². The summed E-state index contributed by atoms with van der Waals surface area (Å²) in [6.07, 6.45) is 3.54. The Balaban J connectivity index is 1.17. The number of benzene rings is 1. The molecule has 1 saturated carbocycles. The van der Waals surface area contributed by atoms with Gasteiger partial charge in [0.15, 0.2) is 5.76 Å². The second-order valence-corrected chi connectivity index (χ2v) is 9.03. The van der Waals surface area contributed by atoms with Crippen molar-refractivity contribution in [3.05, 3.63) is 59.6 Å². The molecule has 1 atom stereocenters. The Morgan fingerprint density at radius 1 is 1.14 bits per heavy atom. The number of aliphatic hydroxyl groups is 1. The fraction of sp³-hybridized carbons (Fsp3) is 0.375. The van der Waals surface area contributed by atoms with E-state index in [0.29, 0.717) is 67.2 Å². The smallest absolute Gasteiger partial charge is 0.336 e. The SMILES string of the molecule is O=C(O)C1=CN(C2CC2)c2cc(N3CCN(Cc4nnc(-c5ccco5)o4)CC3)c(F)cc2C1O. The summed E-state index contributed by atoms with van der Waals surface area (Å²) in [5.41, 5.74) is 1.27. The highest BCUT2D eigenvalue weighted by atomic mass is 19.1. The van der Waals surface area contributed by atoms with E-state index < -0.39 is 17.9 Å². The molecule has 2 fully saturated rings. The van der Waals surface area contributed by atoms with Gasteiger partial charge < -0.3 is 28.8 Å². The first-order valence-corrected chi connectivity index (χ1v) is 11.6. The molecule has 0 bridgehead atoms. The molecule has 2 aliphatic heterocycles. The molecule has 1 saturated heterocycles. The maximum atomic E-state index is 15.2. The summed E-state index contributed by atoms with van der Waals surface area (Å²) < 4.78 is 26.2. The fourth-order valence-electron chi connectivity index (χ4n) is 4.69. The van der Waals surface area contributed by atoms with Crippen molar-refractivity contribution in [3.8, 4) is 11.7 Å². The topological polar surface area (TPSA) is 119 Å². The number of aliphatic hydroxyl groups excluding tert-OH is 1. The third kappa shape index (κ3) is 4.06. The quantitative estimate of drug-likeness (QED) is 0.544. The minimum absolute atomic E-state index is 0.138. The molecular formula is C24H24FN5O5. The largest absolute Gasteiger partial charge is 0.478 e. The van der Waals surface area contributed by atoms with Gasteiger partial charge in [-0.1, -0.05) is 0 Å². The molecule has 11 heteroatoms. The van der Waals surface area contributed by atoms with Gasteiger partial charge >= 0.3 is 5.97 Å². The van der Waals surface area contributed by atoms with Gasteiger partial charge in [0, 0.05) is 49.7 Å². The number of carboxylic acid groups (broad SMARTS) is 1. The molecule has 1 unspecified atom stereocenters. The number of aliphatic carboxylic acids is 1. The van der Waals surface area contributed by atoms with Crippen LogP contribution in [0.15, 0.2) is 51.1 Å². The Morgan fingerprint density at radius 3 is 2.63 bits per heavy atom. The van der Waals surface area contributed by atoms with Gasteiger partial charge in [-0.25, -0.2) is 9.18 Å².